The van der Waals surface area contributed by atoms with Crippen molar-refractivity contribution in [1.29, 1.82) is 0 Å². The van der Waals surface area contributed by atoms with Crippen molar-refractivity contribution >= 4 is 21.7 Å². The molecule has 0 atom stereocenters. The van der Waals surface area contributed by atoms with Gasteiger partial charge in [0.25, 0.3) is 0 Å². The van der Waals surface area contributed by atoms with E-state index < -0.39 is 0 Å². The van der Waals surface area contributed by atoms with Crippen LogP contribution in [0.2, 0.25) is 0 Å². The molecule has 2 aromatic rings. The van der Waals surface area contributed by atoms with Crippen molar-refractivity contribution < 1.29 is 9.53 Å². The predicted molar refractivity (Wildman–Crippen MR) is 82.4 cm³/mol. The maximum absolute atomic E-state index is 12.2. The van der Waals surface area contributed by atoms with E-state index in [4.69, 9.17) is 4.74 Å². The molecule has 0 aliphatic carbocycles. The van der Waals surface area contributed by atoms with Gasteiger partial charge in [0.15, 0.2) is 5.78 Å². The Morgan fingerprint density at radius 1 is 1.20 bits per heavy atom. The fourth-order valence-electron chi connectivity index (χ4n) is 2.48. The average Bonchev–Trinajstić information content (AvgIpc) is 2.92. The number of carbonyl (C=O) groups is 1. The molecule has 0 saturated carbocycles. The lowest BCUT2D eigenvalue weighted by atomic mass is 10.0. The van der Waals surface area contributed by atoms with Gasteiger partial charge in [-0.2, -0.15) is 0 Å². The SMILES string of the molecule is O=C(CCc1ccc2c(c1)CCO2)c1ccccc1Br. The monoisotopic (exact) mass is 330 g/mol. The number of ketones is 1. The Morgan fingerprint density at radius 3 is 2.90 bits per heavy atom. The maximum atomic E-state index is 12.2. The Labute approximate surface area is 126 Å². The molecule has 0 amide bonds. The zero-order valence-electron chi connectivity index (χ0n) is 11.1. The Morgan fingerprint density at radius 2 is 2.05 bits per heavy atom. The van der Waals surface area contributed by atoms with Crippen LogP contribution in [0.5, 0.6) is 5.75 Å². The van der Waals surface area contributed by atoms with Gasteiger partial charge < -0.3 is 4.74 Å². The van der Waals surface area contributed by atoms with E-state index in [2.05, 4.69) is 28.1 Å². The number of aryl methyl sites for hydroxylation is 1. The molecule has 2 nitrogen and oxygen atoms in total. The van der Waals surface area contributed by atoms with Crippen LogP contribution in [-0.2, 0) is 12.8 Å². The van der Waals surface area contributed by atoms with E-state index in [1.165, 1.54) is 11.1 Å². The molecule has 0 saturated heterocycles. The molecule has 3 rings (SSSR count). The van der Waals surface area contributed by atoms with Gasteiger partial charge in [-0.15, -0.1) is 0 Å². The zero-order chi connectivity index (χ0) is 13.9. The van der Waals surface area contributed by atoms with E-state index in [0.717, 1.165) is 35.2 Å². The topological polar surface area (TPSA) is 26.3 Å². The zero-order valence-corrected chi connectivity index (χ0v) is 12.7. The predicted octanol–water partition coefficient (Wildman–Crippen LogP) is 4.20. The van der Waals surface area contributed by atoms with Crippen LogP contribution < -0.4 is 4.74 Å². The number of halogens is 1. The van der Waals surface area contributed by atoms with Crippen molar-refractivity contribution in [2.45, 2.75) is 19.3 Å². The normalized spacial score (nSPS) is 12.8. The first-order valence-electron chi connectivity index (χ1n) is 6.76. The summed E-state index contributed by atoms with van der Waals surface area (Å²) in [6.07, 6.45) is 2.27. The van der Waals surface area contributed by atoms with Gasteiger partial charge in [-0.25, -0.2) is 0 Å². The van der Waals surface area contributed by atoms with Crippen LogP contribution in [0.3, 0.4) is 0 Å². The van der Waals surface area contributed by atoms with Gasteiger partial charge in [-0.3, -0.25) is 4.79 Å². The third kappa shape index (κ3) is 2.78. The van der Waals surface area contributed by atoms with E-state index in [9.17, 15) is 4.79 Å². The summed E-state index contributed by atoms with van der Waals surface area (Å²) in [5.74, 6) is 1.17. The molecule has 102 valence electrons. The van der Waals surface area contributed by atoms with E-state index in [0.29, 0.717) is 6.42 Å². The van der Waals surface area contributed by atoms with Crippen molar-refractivity contribution in [3.8, 4) is 5.75 Å². The minimum atomic E-state index is 0.175. The lowest BCUT2D eigenvalue weighted by Crippen LogP contribution is -2.02. The second-order valence-corrected chi connectivity index (χ2v) is 5.80. The number of benzene rings is 2. The molecule has 0 unspecified atom stereocenters. The van der Waals surface area contributed by atoms with Gasteiger partial charge >= 0.3 is 0 Å². The summed E-state index contributed by atoms with van der Waals surface area (Å²) in [7, 11) is 0. The Hall–Kier alpha value is -1.61. The van der Waals surface area contributed by atoms with Crippen LogP contribution in [-0.4, -0.2) is 12.4 Å². The summed E-state index contributed by atoms with van der Waals surface area (Å²) in [6, 6.07) is 13.8. The second-order valence-electron chi connectivity index (χ2n) is 4.94. The standard InChI is InChI=1S/C17H15BrO2/c18-15-4-2-1-3-14(15)16(19)7-5-12-6-8-17-13(11-12)9-10-20-17/h1-4,6,8,11H,5,7,9-10H2. The van der Waals surface area contributed by atoms with Gasteiger partial charge in [0, 0.05) is 22.9 Å². The summed E-state index contributed by atoms with van der Waals surface area (Å²) in [5, 5.41) is 0. The lowest BCUT2D eigenvalue weighted by Gasteiger charge is -2.05. The van der Waals surface area contributed by atoms with Crippen LogP contribution >= 0.6 is 15.9 Å². The van der Waals surface area contributed by atoms with Gasteiger partial charge in [0.1, 0.15) is 5.75 Å². The van der Waals surface area contributed by atoms with E-state index in [1.807, 2.05) is 30.3 Å². The van der Waals surface area contributed by atoms with Crippen molar-refractivity contribution in [1.82, 2.24) is 0 Å². The molecule has 0 N–H and O–H groups in total. The first kappa shape index (κ1) is 13.4. The number of hydrogen-bond acceptors (Lipinski definition) is 2. The number of ether oxygens (including phenoxy) is 1. The number of Topliss-reactive ketones (excluding diaryl/α,β-unsaturated/α-hetero) is 1. The van der Waals surface area contributed by atoms with Crippen LogP contribution in [0.4, 0.5) is 0 Å². The second kappa shape index (κ2) is 5.80. The highest BCUT2D eigenvalue weighted by molar-refractivity contribution is 9.10. The minimum absolute atomic E-state index is 0.175. The summed E-state index contributed by atoms with van der Waals surface area (Å²) in [4.78, 5) is 12.2. The third-order valence-corrected chi connectivity index (χ3v) is 4.26. The molecule has 1 heterocycles. The highest BCUT2D eigenvalue weighted by atomic mass is 79.9. The fourth-order valence-corrected chi connectivity index (χ4v) is 2.98. The summed E-state index contributed by atoms with van der Waals surface area (Å²) >= 11 is 3.43. The molecule has 0 radical (unpaired) electrons. The Kier molecular flexibility index (Phi) is 3.88. The molecule has 0 fully saturated rings. The molecule has 20 heavy (non-hydrogen) atoms. The molecule has 0 bridgehead atoms. The van der Waals surface area contributed by atoms with Crippen molar-refractivity contribution in [2.75, 3.05) is 6.61 Å². The number of fused-ring (bicyclic) bond motifs is 1. The van der Waals surface area contributed by atoms with Crippen LogP contribution in [0, 0.1) is 0 Å². The summed E-state index contributed by atoms with van der Waals surface area (Å²) in [5.41, 5.74) is 3.22. The molecule has 0 spiro atoms. The molecular formula is C17H15BrO2. The van der Waals surface area contributed by atoms with Crippen LogP contribution in [0.25, 0.3) is 0 Å². The van der Waals surface area contributed by atoms with Gasteiger partial charge in [-0.05, 0) is 29.7 Å². The smallest absolute Gasteiger partial charge is 0.164 e. The number of rotatable bonds is 4. The maximum Gasteiger partial charge on any atom is 0.164 e. The fraction of sp³-hybridized carbons (Fsp3) is 0.235. The summed E-state index contributed by atoms with van der Waals surface area (Å²) < 4.78 is 6.36. The van der Waals surface area contributed by atoms with Crippen molar-refractivity contribution in [2.24, 2.45) is 0 Å². The first-order chi connectivity index (χ1) is 9.74. The van der Waals surface area contributed by atoms with Crippen LogP contribution in [0.1, 0.15) is 27.9 Å². The highest BCUT2D eigenvalue weighted by Crippen LogP contribution is 2.26. The highest BCUT2D eigenvalue weighted by Gasteiger charge is 2.13. The third-order valence-electron chi connectivity index (χ3n) is 3.57. The largest absolute Gasteiger partial charge is 0.493 e. The van der Waals surface area contributed by atoms with Gasteiger partial charge in [-0.1, -0.05) is 46.3 Å². The minimum Gasteiger partial charge on any atom is -0.493 e. The molecule has 1 aliphatic heterocycles. The number of hydrogen-bond donors (Lipinski definition) is 0. The molecule has 3 heteroatoms. The lowest BCUT2D eigenvalue weighted by molar-refractivity contribution is 0.0982. The average molecular weight is 331 g/mol. The van der Waals surface area contributed by atoms with E-state index >= 15 is 0 Å². The van der Waals surface area contributed by atoms with Crippen LogP contribution in [0.15, 0.2) is 46.9 Å². The Balaban J connectivity index is 1.68. The molecule has 1 aliphatic rings. The van der Waals surface area contributed by atoms with Crippen molar-refractivity contribution in [3.05, 3.63) is 63.6 Å². The van der Waals surface area contributed by atoms with Crippen molar-refractivity contribution in [3.63, 3.8) is 0 Å². The molecule has 0 aromatic heterocycles. The Bertz CT molecular complexity index is 649. The first-order valence-corrected chi connectivity index (χ1v) is 7.55. The quantitative estimate of drug-likeness (QED) is 0.785. The van der Waals surface area contributed by atoms with Gasteiger partial charge in [0.2, 0.25) is 0 Å². The van der Waals surface area contributed by atoms with Gasteiger partial charge in [0.05, 0.1) is 6.61 Å². The molecular weight excluding hydrogens is 316 g/mol. The summed E-state index contributed by atoms with van der Waals surface area (Å²) in [6.45, 7) is 0.772. The number of carbonyl (C=O) groups excluding carboxylic acids is 1. The molecule has 2 aromatic carbocycles. The van der Waals surface area contributed by atoms with E-state index in [1.54, 1.807) is 0 Å². The van der Waals surface area contributed by atoms with E-state index in [-0.39, 0.29) is 5.78 Å².